The molecule has 7 nitrogen and oxygen atoms in total. The third-order valence-electron chi connectivity index (χ3n) is 3.55. The zero-order chi connectivity index (χ0) is 15.2. The van der Waals surface area contributed by atoms with Gasteiger partial charge in [-0.15, -0.1) is 5.10 Å². The summed E-state index contributed by atoms with van der Waals surface area (Å²) in [6, 6.07) is 0. The van der Waals surface area contributed by atoms with E-state index in [1.807, 2.05) is 6.26 Å². The summed E-state index contributed by atoms with van der Waals surface area (Å²) in [5.41, 5.74) is 5.07. The Bertz CT molecular complexity index is 677. The Hall–Kier alpha value is -1.45. The first-order valence-corrected chi connectivity index (χ1v) is 7.69. The number of rotatable bonds is 3. The maximum absolute atomic E-state index is 14.7. The lowest BCUT2D eigenvalue weighted by molar-refractivity contribution is -0.0196. The summed E-state index contributed by atoms with van der Waals surface area (Å²) < 4.78 is 21.8. The van der Waals surface area contributed by atoms with Crippen LogP contribution in [0.5, 0.6) is 0 Å². The van der Waals surface area contributed by atoms with Crippen molar-refractivity contribution in [1.29, 1.82) is 0 Å². The highest BCUT2D eigenvalue weighted by Crippen LogP contribution is 2.44. The molecule has 3 rings (SSSR count). The number of halogens is 1. The van der Waals surface area contributed by atoms with Crippen LogP contribution in [0.2, 0.25) is 0 Å². The van der Waals surface area contributed by atoms with Gasteiger partial charge in [-0.1, -0.05) is 11.8 Å². The third-order valence-corrected chi connectivity index (χ3v) is 4.09. The Morgan fingerprint density at radius 3 is 3.05 bits per heavy atom. The number of fused-ring (bicyclic) bond motifs is 1. The topological polar surface area (TPSA) is 98.6 Å². The number of aliphatic hydroxyl groups excluding tert-OH is 1. The molecule has 0 aliphatic carbocycles. The number of nitrogen functional groups attached to an aromatic ring is 1. The molecule has 2 aromatic heterocycles. The zero-order valence-corrected chi connectivity index (χ0v) is 12.5. The molecule has 2 aromatic rings. The van der Waals surface area contributed by atoms with Crippen molar-refractivity contribution in [1.82, 2.24) is 19.6 Å². The van der Waals surface area contributed by atoms with E-state index < -0.39 is 17.9 Å². The Kier molecular flexibility index (Phi) is 3.50. The molecule has 114 valence electrons. The van der Waals surface area contributed by atoms with Gasteiger partial charge in [-0.05, 0) is 13.2 Å². The molecule has 3 N–H and O–H groups in total. The fourth-order valence-corrected chi connectivity index (χ4v) is 2.94. The Morgan fingerprint density at radius 1 is 1.67 bits per heavy atom. The van der Waals surface area contributed by atoms with Crippen molar-refractivity contribution >= 4 is 23.2 Å². The van der Waals surface area contributed by atoms with Crippen LogP contribution in [0, 0.1) is 0 Å². The van der Waals surface area contributed by atoms with Gasteiger partial charge in [-0.2, -0.15) is 0 Å². The highest BCUT2D eigenvalue weighted by molar-refractivity contribution is 7.98. The van der Waals surface area contributed by atoms with Crippen molar-refractivity contribution in [3.63, 3.8) is 0 Å². The fourth-order valence-electron chi connectivity index (χ4n) is 2.59. The number of hydrogen-bond acceptors (Lipinski definition) is 7. The predicted molar refractivity (Wildman–Crippen MR) is 75.8 cm³/mol. The zero-order valence-electron chi connectivity index (χ0n) is 11.7. The Morgan fingerprint density at radius 2 is 2.43 bits per heavy atom. The summed E-state index contributed by atoms with van der Waals surface area (Å²) in [5, 5.41) is 14.0. The maximum atomic E-state index is 14.7. The van der Waals surface area contributed by atoms with Crippen LogP contribution in [0.3, 0.4) is 0 Å². The van der Waals surface area contributed by atoms with Crippen molar-refractivity contribution in [2.45, 2.75) is 36.4 Å². The fraction of sp³-hybridized carbons (Fsp3) is 0.583. The number of anilines is 1. The molecule has 3 heterocycles. The summed E-state index contributed by atoms with van der Waals surface area (Å²) in [7, 11) is 0. The molecule has 9 heteroatoms. The van der Waals surface area contributed by atoms with E-state index in [1.165, 1.54) is 29.4 Å². The van der Waals surface area contributed by atoms with Gasteiger partial charge in [0, 0.05) is 6.42 Å². The molecular formula is C12H16FN5O2S. The predicted octanol–water partition coefficient (Wildman–Crippen LogP) is 0.979. The summed E-state index contributed by atoms with van der Waals surface area (Å²) in [5.74, 6) is 0.234. The SMILES string of the molecule is CSc1nc(N)c2ncc([C@@H]3O[C@H](CO)C[C@@]3(C)F)n2n1. The van der Waals surface area contributed by atoms with Crippen LogP contribution in [-0.4, -0.2) is 49.3 Å². The van der Waals surface area contributed by atoms with Crippen molar-refractivity contribution in [3.05, 3.63) is 11.9 Å². The summed E-state index contributed by atoms with van der Waals surface area (Å²) in [6.45, 7) is 1.23. The van der Waals surface area contributed by atoms with E-state index in [4.69, 9.17) is 10.5 Å². The van der Waals surface area contributed by atoms with Crippen LogP contribution in [0.15, 0.2) is 11.4 Å². The highest BCUT2D eigenvalue weighted by Gasteiger charge is 2.48. The first kappa shape index (κ1) is 14.5. The van der Waals surface area contributed by atoms with E-state index in [2.05, 4.69) is 15.1 Å². The van der Waals surface area contributed by atoms with Crippen molar-refractivity contribution in [2.75, 3.05) is 18.6 Å². The van der Waals surface area contributed by atoms with Crippen LogP contribution in [0.25, 0.3) is 5.65 Å². The lowest BCUT2D eigenvalue weighted by Crippen LogP contribution is -2.24. The van der Waals surface area contributed by atoms with Gasteiger partial charge in [0.05, 0.1) is 24.6 Å². The van der Waals surface area contributed by atoms with Crippen molar-refractivity contribution < 1.29 is 14.2 Å². The van der Waals surface area contributed by atoms with Crippen LogP contribution in [-0.2, 0) is 4.74 Å². The molecule has 0 spiro atoms. The minimum Gasteiger partial charge on any atom is -0.394 e. The lowest BCUT2D eigenvalue weighted by Gasteiger charge is -2.20. The standard InChI is InChI=1S/C12H16FN5O2S/c1-12(13)3-6(5-19)20-8(12)7-4-15-10-9(14)16-11(21-2)17-18(7)10/h4,6,8,19H,3,5H2,1-2H3,(H2,14,16,17)/t6-,8-,12+/m0/s1. The Balaban J connectivity index is 2.10. The van der Waals surface area contributed by atoms with E-state index >= 15 is 0 Å². The number of thioether (sulfide) groups is 1. The number of ether oxygens (including phenoxy) is 1. The van der Waals surface area contributed by atoms with Crippen LogP contribution in [0.4, 0.5) is 10.2 Å². The van der Waals surface area contributed by atoms with E-state index in [1.54, 1.807) is 0 Å². The molecule has 21 heavy (non-hydrogen) atoms. The second-order valence-corrected chi connectivity index (χ2v) is 5.98. The molecule has 1 saturated heterocycles. The molecule has 0 saturated carbocycles. The van der Waals surface area contributed by atoms with E-state index in [0.717, 1.165) is 0 Å². The second kappa shape index (κ2) is 5.08. The van der Waals surface area contributed by atoms with Gasteiger partial charge in [0.25, 0.3) is 0 Å². The minimum absolute atomic E-state index is 0.122. The monoisotopic (exact) mass is 313 g/mol. The lowest BCUT2D eigenvalue weighted by atomic mass is 9.96. The van der Waals surface area contributed by atoms with E-state index in [0.29, 0.717) is 16.5 Å². The number of aliphatic hydroxyl groups is 1. The summed E-state index contributed by atoms with van der Waals surface area (Å²) >= 11 is 1.33. The number of alkyl halides is 1. The van der Waals surface area contributed by atoms with Gasteiger partial charge < -0.3 is 15.6 Å². The van der Waals surface area contributed by atoms with Gasteiger partial charge in [-0.3, -0.25) is 0 Å². The van der Waals surface area contributed by atoms with Gasteiger partial charge >= 0.3 is 0 Å². The Labute approximate surface area is 124 Å². The molecule has 0 amide bonds. The normalized spacial score (nSPS) is 29.3. The highest BCUT2D eigenvalue weighted by atomic mass is 32.2. The van der Waals surface area contributed by atoms with E-state index in [9.17, 15) is 9.50 Å². The minimum atomic E-state index is -1.61. The molecule has 1 aliphatic rings. The second-order valence-electron chi connectivity index (χ2n) is 5.21. The summed E-state index contributed by atoms with van der Waals surface area (Å²) in [4.78, 5) is 8.25. The molecule has 0 unspecified atom stereocenters. The van der Waals surface area contributed by atoms with Gasteiger partial charge in [-0.25, -0.2) is 18.9 Å². The average Bonchev–Trinajstić information content (AvgIpc) is 2.98. The van der Waals surface area contributed by atoms with Crippen LogP contribution >= 0.6 is 11.8 Å². The molecule has 0 radical (unpaired) electrons. The molecule has 0 bridgehead atoms. The average molecular weight is 313 g/mol. The van der Waals surface area contributed by atoms with Crippen molar-refractivity contribution in [2.24, 2.45) is 0 Å². The quantitative estimate of drug-likeness (QED) is 0.815. The third kappa shape index (κ3) is 2.34. The molecule has 1 aliphatic heterocycles. The van der Waals surface area contributed by atoms with Crippen molar-refractivity contribution in [3.8, 4) is 0 Å². The van der Waals surface area contributed by atoms with E-state index in [-0.39, 0.29) is 18.8 Å². The van der Waals surface area contributed by atoms with Crippen LogP contribution < -0.4 is 5.73 Å². The number of hydrogen-bond donors (Lipinski definition) is 2. The summed E-state index contributed by atoms with van der Waals surface area (Å²) in [6.07, 6.45) is 2.05. The number of nitrogens with zero attached hydrogens (tertiary/aromatic N) is 4. The number of nitrogens with two attached hydrogens (primary N) is 1. The molecule has 0 aromatic carbocycles. The molecular weight excluding hydrogens is 297 g/mol. The van der Waals surface area contributed by atoms with Gasteiger partial charge in [0.15, 0.2) is 11.5 Å². The maximum Gasteiger partial charge on any atom is 0.209 e. The smallest absolute Gasteiger partial charge is 0.209 e. The molecule has 3 atom stereocenters. The first-order chi connectivity index (χ1) is 9.96. The number of imidazole rings is 1. The largest absolute Gasteiger partial charge is 0.394 e. The van der Waals surface area contributed by atoms with Crippen LogP contribution in [0.1, 0.15) is 25.1 Å². The number of aromatic nitrogens is 4. The van der Waals surface area contributed by atoms with Gasteiger partial charge in [0.1, 0.15) is 11.8 Å². The first-order valence-electron chi connectivity index (χ1n) is 6.46. The van der Waals surface area contributed by atoms with Gasteiger partial charge in [0.2, 0.25) is 5.16 Å². The molecule has 1 fully saturated rings.